The Morgan fingerprint density at radius 3 is 2.59 bits per heavy atom. The molecule has 1 fully saturated rings. The fourth-order valence-electron chi connectivity index (χ4n) is 2.51. The number of aliphatic carboxylic acids is 1. The van der Waals surface area contributed by atoms with Crippen LogP contribution in [0.2, 0.25) is 0 Å². The second kappa shape index (κ2) is 8.00. The third-order valence-electron chi connectivity index (χ3n) is 4.03. The van der Waals surface area contributed by atoms with Gasteiger partial charge >= 0.3 is 5.97 Å². The normalized spacial score (nSPS) is 17.9. The molecule has 1 aliphatic heterocycles. The highest BCUT2D eigenvalue weighted by Crippen LogP contribution is 2.18. The van der Waals surface area contributed by atoms with E-state index >= 15 is 0 Å². The zero-order valence-corrected chi connectivity index (χ0v) is 13.2. The van der Waals surface area contributed by atoms with Crippen LogP contribution in [0.15, 0.2) is 24.3 Å². The quantitative estimate of drug-likeness (QED) is 0.816. The summed E-state index contributed by atoms with van der Waals surface area (Å²) in [5, 5.41) is 9.02. The minimum atomic E-state index is -0.755. The van der Waals surface area contributed by atoms with Crippen LogP contribution in [0.4, 0.5) is 0 Å². The number of carboxylic acid groups (broad SMARTS) is 1. The fraction of sp³-hybridized carbons (Fsp3) is 0.562. The Kier molecular flexibility index (Phi) is 6.03. The molecule has 0 saturated carbocycles. The number of rotatable bonds is 7. The van der Waals surface area contributed by atoms with Gasteiger partial charge < -0.3 is 14.6 Å². The van der Waals surface area contributed by atoms with Crippen LogP contribution in [-0.4, -0.2) is 73.4 Å². The van der Waals surface area contributed by atoms with E-state index < -0.39 is 12.0 Å². The van der Waals surface area contributed by atoms with Gasteiger partial charge in [0.05, 0.1) is 7.11 Å². The number of methoxy groups -OCH3 is 1. The van der Waals surface area contributed by atoms with Gasteiger partial charge in [0.15, 0.2) is 0 Å². The molecule has 0 amide bonds. The lowest BCUT2D eigenvalue weighted by Gasteiger charge is -2.36. The summed E-state index contributed by atoms with van der Waals surface area (Å²) in [6.45, 7) is 6.51. The number of piperazine rings is 1. The molecule has 0 spiro atoms. The minimum Gasteiger partial charge on any atom is -0.497 e. The van der Waals surface area contributed by atoms with Crippen molar-refractivity contribution in [2.24, 2.45) is 0 Å². The molecule has 1 aromatic rings. The third kappa shape index (κ3) is 4.61. The van der Waals surface area contributed by atoms with Gasteiger partial charge in [-0.2, -0.15) is 0 Å². The van der Waals surface area contributed by atoms with Crippen LogP contribution in [-0.2, 0) is 4.79 Å². The second-order valence-corrected chi connectivity index (χ2v) is 5.42. The van der Waals surface area contributed by atoms with Crippen LogP contribution in [0.5, 0.6) is 11.5 Å². The Morgan fingerprint density at radius 2 is 1.95 bits per heavy atom. The van der Waals surface area contributed by atoms with Crippen LogP contribution in [0.25, 0.3) is 0 Å². The largest absolute Gasteiger partial charge is 0.497 e. The summed E-state index contributed by atoms with van der Waals surface area (Å²) in [5.41, 5.74) is 0. The summed E-state index contributed by atoms with van der Waals surface area (Å²) in [7, 11) is 1.64. The standard InChI is InChI=1S/C16H24N2O4/c1-13(16(19)20)18-8-6-17(7-9-18)10-11-22-15-5-3-4-14(12-15)21-2/h3-5,12-13H,6-11H2,1-2H3,(H,19,20). The molecule has 0 aliphatic carbocycles. The van der Waals surface area contributed by atoms with Gasteiger partial charge in [0.25, 0.3) is 0 Å². The molecule has 1 unspecified atom stereocenters. The van der Waals surface area contributed by atoms with Gasteiger partial charge in [-0.15, -0.1) is 0 Å². The Labute approximate surface area is 131 Å². The molecule has 6 heteroatoms. The molecule has 122 valence electrons. The number of carboxylic acids is 1. The molecular weight excluding hydrogens is 284 g/mol. The van der Waals surface area contributed by atoms with Gasteiger partial charge in [-0.05, 0) is 19.1 Å². The summed E-state index contributed by atoms with van der Waals surface area (Å²) < 4.78 is 10.9. The van der Waals surface area contributed by atoms with Gasteiger partial charge in [0, 0.05) is 38.8 Å². The van der Waals surface area contributed by atoms with E-state index in [4.69, 9.17) is 14.6 Å². The monoisotopic (exact) mass is 308 g/mol. The topological polar surface area (TPSA) is 62.2 Å². The summed E-state index contributed by atoms with van der Waals surface area (Å²) in [6.07, 6.45) is 0. The Balaban J connectivity index is 1.69. The lowest BCUT2D eigenvalue weighted by atomic mass is 10.2. The molecule has 1 aromatic carbocycles. The molecule has 1 heterocycles. The predicted molar refractivity (Wildman–Crippen MR) is 83.6 cm³/mol. The maximum atomic E-state index is 11.0. The molecule has 0 bridgehead atoms. The van der Waals surface area contributed by atoms with Crippen LogP contribution >= 0.6 is 0 Å². The zero-order chi connectivity index (χ0) is 15.9. The number of hydrogen-bond acceptors (Lipinski definition) is 5. The van der Waals surface area contributed by atoms with E-state index in [2.05, 4.69) is 4.90 Å². The smallest absolute Gasteiger partial charge is 0.320 e. The first-order chi connectivity index (χ1) is 10.6. The van der Waals surface area contributed by atoms with Gasteiger partial charge in [-0.25, -0.2) is 0 Å². The zero-order valence-electron chi connectivity index (χ0n) is 13.2. The molecule has 1 N–H and O–H groups in total. The number of benzene rings is 1. The van der Waals surface area contributed by atoms with E-state index in [0.717, 1.165) is 44.2 Å². The third-order valence-corrected chi connectivity index (χ3v) is 4.03. The molecule has 2 rings (SSSR count). The maximum absolute atomic E-state index is 11.0. The van der Waals surface area contributed by atoms with Gasteiger partial charge in [0.2, 0.25) is 0 Å². The second-order valence-electron chi connectivity index (χ2n) is 5.42. The van der Waals surface area contributed by atoms with Crippen molar-refractivity contribution < 1.29 is 19.4 Å². The Bertz CT molecular complexity index is 487. The van der Waals surface area contributed by atoms with Crippen LogP contribution in [0.3, 0.4) is 0 Å². The summed E-state index contributed by atoms with van der Waals surface area (Å²) in [5.74, 6) is 0.834. The van der Waals surface area contributed by atoms with Crippen molar-refractivity contribution >= 4 is 5.97 Å². The van der Waals surface area contributed by atoms with Crippen molar-refractivity contribution in [2.75, 3.05) is 46.4 Å². The van der Waals surface area contributed by atoms with Crippen LogP contribution in [0, 0.1) is 0 Å². The highest BCUT2D eigenvalue weighted by atomic mass is 16.5. The molecule has 22 heavy (non-hydrogen) atoms. The van der Waals surface area contributed by atoms with Crippen molar-refractivity contribution in [3.63, 3.8) is 0 Å². The summed E-state index contributed by atoms with van der Waals surface area (Å²) in [4.78, 5) is 15.3. The minimum absolute atomic E-state index is 0.407. The van der Waals surface area contributed by atoms with E-state index in [1.54, 1.807) is 14.0 Å². The summed E-state index contributed by atoms with van der Waals surface area (Å²) >= 11 is 0. The SMILES string of the molecule is COc1cccc(OCCN2CCN(C(C)C(=O)O)CC2)c1. The Morgan fingerprint density at radius 1 is 1.27 bits per heavy atom. The molecule has 1 atom stereocenters. The fourth-order valence-corrected chi connectivity index (χ4v) is 2.51. The van der Waals surface area contributed by atoms with Crippen molar-refractivity contribution in [2.45, 2.75) is 13.0 Å². The van der Waals surface area contributed by atoms with Crippen molar-refractivity contribution in [3.8, 4) is 11.5 Å². The average Bonchev–Trinajstić information content (AvgIpc) is 2.55. The molecule has 0 radical (unpaired) electrons. The number of hydrogen-bond donors (Lipinski definition) is 1. The highest BCUT2D eigenvalue weighted by Gasteiger charge is 2.24. The highest BCUT2D eigenvalue weighted by molar-refractivity contribution is 5.72. The summed E-state index contributed by atoms with van der Waals surface area (Å²) in [6, 6.07) is 7.16. The number of carbonyl (C=O) groups is 1. The molecule has 1 aliphatic rings. The first-order valence-corrected chi connectivity index (χ1v) is 7.56. The molecular formula is C16H24N2O4. The number of ether oxygens (including phenoxy) is 2. The van der Waals surface area contributed by atoms with Gasteiger partial charge in [-0.1, -0.05) is 6.07 Å². The van der Waals surface area contributed by atoms with E-state index in [0.29, 0.717) is 6.61 Å². The molecule has 6 nitrogen and oxygen atoms in total. The average molecular weight is 308 g/mol. The van der Waals surface area contributed by atoms with Crippen molar-refractivity contribution in [1.29, 1.82) is 0 Å². The van der Waals surface area contributed by atoms with Crippen molar-refractivity contribution in [1.82, 2.24) is 9.80 Å². The predicted octanol–water partition coefficient (Wildman–Crippen LogP) is 1.16. The van der Waals surface area contributed by atoms with E-state index in [-0.39, 0.29) is 0 Å². The van der Waals surface area contributed by atoms with Crippen LogP contribution < -0.4 is 9.47 Å². The first-order valence-electron chi connectivity index (χ1n) is 7.56. The van der Waals surface area contributed by atoms with Crippen molar-refractivity contribution in [3.05, 3.63) is 24.3 Å². The van der Waals surface area contributed by atoms with Gasteiger partial charge in [-0.3, -0.25) is 14.6 Å². The molecule has 1 saturated heterocycles. The lowest BCUT2D eigenvalue weighted by molar-refractivity contribution is -0.143. The Hall–Kier alpha value is -1.79. The van der Waals surface area contributed by atoms with Gasteiger partial charge in [0.1, 0.15) is 24.1 Å². The maximum Gasteiger partial charge on any atom is 0.320 e. The van der Waals surface area contributed by atoms with E-state index in [9.17, 15) is 4.79 Å². The van der Waals surface area contributed by atoms with E-state index in [1.165, 1.54) is 0 Å². The van der Waals surface area contributed by atoms with Crippen LogP contribution in [0.1, 0.15) is 6.92 Å². The number of nitrogens with zero attached hydrogens (tertiary/aromatic N) is 2. The lowest BCUT2D eigenvalue weighted by Crippen LogP contribution is -2.52. The molecule has 0 aromatic heterocycles. The van der Waals surface area contributed by atoms with E-state index in [1.807, 2.05) is 29.2 Å². The first kappa shape index (κ1) is 16.6.